The largest absolute Gasteiger partial charge is 0.314 e. The summed E-state index contributed by atoms with van der Waals surface area (Å²) in [4.78, 5) is 5.17. The lowest BCUT2D eigenvalue weighted by atomic mass is 10.1. The molecule has 2 unspecified atom stereocenters. The molecule has 2 rings (SSSR count). The first kappa shape index (κ1) is 12.3. The third kappa shape index (κ3) is 3.72. The van der Waals surface area contributed by atoms with Gasteiger partial charge in [0.25, 0.3) is 0 Å². The van der Waals surface area contributed by atoms with Crippen LogP contribution in [0.25, 0.3) is 0 Å². The molecule has 1 N–H and O–H groups in total. The molecule has 2 atom stereocenters. The lowest BCUT2D eigenvalue weighted by molar-refractivity contribution is 0.204. The molecule has 3 heteroatoms. The van der Waals surface area contributed by atoms with Gasteiger partial charge in [0, 0.05) is 19.1 Å². The zero-order chi connectivity index (χ0) is 11.4. The summed E-state index contributed by atoms with van der Waals surface area (Å²) in [5.41, 5.74) is 0. The van der Waals surface area contributed by atoms with Crippen molar-refractivity contribution in [1.82, 2.24) is 15.1 Å². The quantitative estimate of drug-likeness (QED) is 0.757. The van der Waals surface area contributed by atoms with Gasteiger partial charge in [-0.25, -0.2) is 0 Å². The Labute approximate surface area is 100 Å². The third-order valence-electron chi connectivity index (χ3n) is 4.03. The summed E-state index contributed by atoms with van der Waals surface area (Å²) in [6, 6.07) is 0.703. The normalized spacial score (nSPS) is 34.9. The average molecular weight is 225 g/mol. The minimum absolute atomic E-state index is 0.703. The van der Waals surface area contributed by atoms with Gasteiger partial charge in [0.05, 0.1) is 0 Å². The second-order valence-corrected chi connectivity index (χ2v) is 5.71. The van der Waals surface area contributed by atoms with Crippen molar-refractivity contribution in [1.29, 1.82) is 0 Å². The van der Waals surface area contributed by atoms with Gasteiger partial charge in [-0.15, -0.1) is 0 Å². The SMILES string of the molecule is CC1CCN(CC2CCN(C)C2)CCCN1. The van der Waals surface area contributed by atoms with Crippen LogP contribution in [0, 0.1) is 5.92 Å². The molecule has 0 aromatic carbocycles. The number of hydrogen-bond donors (Lipinski definition) is 1. The van der Waals surface area contributed by atoms with Gasteiger partial charge in [0.15, 0.2) is 0 Å². The van der Waals surface area contributed by atoms with Gasteiger partial charge < -0.3 is 15.1 Å². The number of likely N-dealkylation sites (tertiary alicyclic amines) is 1. The average Bonchev–Trinajstić information content (AvgIpc) is 2.63. The minimum atomic E-state index is 0.703. The first-order chi connectivity index (χ1) is 7.74. The summed E-state index contributed by atoms with van der Waals surface area (Å²) in [6.45, 7) is 10.0. The predicted molar refractivity (Wildman–Crippen MR) is 68.7 cm³/mol. The molecule has 2 aliphatic rings. The molecule has 3 nitrogen and oxygen atoms in total. The topological polar surface area (TPSA) is 18.5 Å². The van der Waals surface area contributed by atoms with E-state index in [1.54, 1.807) is 0 Å². The minimum Gasteiger partial charge on any atom is -0.314 e. The van der Waals surface area contributed by atoms with Gasteiger partial charge in [-0.2, -0.15) is 0 Å². The van der Waals surface area contributed by atoms with E-state index in [9.17, 15) is 0 Å². The maximum atomic E-state index is 3.57. The van der Waals surface area contributed by atoms with E-state index >= 15 is 0 Å². The fourth-order valence-electron chi connectivity index (χ4n) is 2.96. The highest BCUT2D eigenvalue weighted by Gasteiger charge is 2.22. The molecule has 0 bridgehead atoms. The molecule has 94 valence electrons. The molecule has 2 heterocycles. The van der Waals surface area contributed by atoms with Gasteiger partial charge in [-0.1, -0.05) is 0 Å². The highest BCUT2D eigenvalue weighted by Crippen LogP contribution is 2.16. The van der Waals surface area contributed by atoms with E-state index in [0.717, 1.165) is 5.92 Å². The first-order valence-electron chi connectivity index (χ1n) is 6.88. The predicted octanol–water partition coefficient (Wildman–Crippen LogP) is 1.01. The Morgan fingerprint density at radius 3 is 2.81 bits per heavy atom. The van der Waals surface area contributed by atoms with E-state index in [0.29, 0.717) is 6.04 Å². The van der Waals surface area contributed by atoms with E-state index in [1.807, 2.05) is 0 Å². The van der Waals surface area contributed by atoms with Gasteiger partial charge in [-0.3, -0.25) is 0 Å². The van der Waals surface area contributed by atoms with Crippen molar-refractivity contribution in [2.45, 2.75) is 32.2 Å². The monoisotopic (exact) mass is 225 g/mol. The van der Waals surface area contributed by atoms with E-state index in [1.165, 1.54) is 58.5 Å². The van der Waals surface area contributed by atoms with Crippen LogP contribution in [0.2, 0.25) is 0 Å². The van der Waals surface area contributed by atoms with Crippen LogP contribution in [0.3, 0.4) is 0 Å². The fourth-order valence-corrected chi connectivity index (χ4v) is 2.96. The van der Waals surface area contributed by atoms with Crippen molar-refractivity contribution in [2.24, 2.45) is 5.92 Å². The highest BCUT2D eigenvalue weighted by molar-refractivity contribution is 4.78. The van der Waals surface area contributed by atoms with E-state index < -0.39 is 0 Å². The second kappa shape index (κ2) is 5.99. The number of hydrogen-bond acceptors (Lipinski definition) is 3. The standard InChI is InChI=1S/C13H27N3/c1-12-4-9-16(7-3-6-14-12)11-13-5-8-15(2)10-13/h12-14H,3-11H2,1-2H3. The molecule has 0 aromatic heterocycles. The number of rotatable bonds is 2. The van der Waals surface area contributed by atoms with E-state index in [-0.39, 0.29) is 0 Å². The molecule has 2 saturated heterocycles. The first-order valence-corrected chi connectivity index (χ1v) is 6.88. The van der Waals surface area contributed by atoms with Gasteiger partial charge in [0.1, 0.15) is 0 Å². The lowest BCUT2D eigenvalue weighted by Crippen LogP contribution is -2.40. The van der Waals surface area contributed by atoms with Crippen LogP contribution in [0.15, 0.2) is 0 Å². The van der Waals surface area contributed by atoms with Crippen molar-refractivity contribution < 1.29 is 0 Å². The van der Waals surface area contributed by atoms with E-state index in [2.05, 4.69) is 29.1 Å². The summed E-state index contributed by atoms with van der Waals surface area (Å²) in [5.74, 6) is 0.924. The maximum Gasteiger partial charge on any atom is 0.00509 e. The van der Waals surface area contributed by atoms with Crippen LogP contribution in [0.5, 0.6) is 0 Å². The van der Waals surface area contributed by atoms with Crippen molar-refractivity contribution in [3.05, 3.63) is 0 Å². The van der Waals surface area contributed by atoms with Crippen LogP contribution in [-0.4, -0.2) is 62.2 Å². The van der Waals surface area contributed by atoms with Crippen molar-refractivity contribution in [2.75, 3.05) is 46.3 Å². The number of nitrogens with zero attached hydrogens (tertiary/aromatic N) is 2. The van der Waals surface area contributed by atoms with Crippen LogP contribution >= 0.6 is 0 Å². The molecule has 0 aromatic rings. The smallest absolute Gasteiger partial charge is 0.00509 e. The molecule has 0 saturated carbocycles. The summed E-state index contributed by atoms with van der Waals surface area (Å²) in [5, 5.41) is 3.57. The van der Waals surface area contributed by atoms with Crippen LogP contribution in [0.1, 0.15) is 26.2 Å². The molecule has 0 aliphatic carbocycles. The van der Waals surface area contributed by atoms with Crippen LogP contribution in [0.4, 0.5) is 0 Å². The molecule has 0 amide bonds. The zero-order valence-corrected chi connectivity index (χ0v) is 10.9. The Balaban J connectivity index is 1.74. The Kier molecular flexibility index (Phi) is 4.62. The zero-order valence-electron chi connectivity index (χ0n) is 10.9. The third-order valence-corrected chi connectivity index (χ3v) is 4.03. The van der Waals surface area contributed by atoms with Gasteiger partial charge in [-0.05, 0) is 65.3 Å². The van der Waals surface area contributed by atoms with Gasteiger partial charge >= 0.3 is 0 Å². The van der Waals surface area contributed by atoms with E-state index in [4.69, 9.17) is 0 Å². The fraction of sp³-hybridized carbons (Fsp3) is 1.00. The highest BCUT2D eigenvalue weighted by atomic mass is 15.2. The lowest BCUT2D eigenvalue weighted by Gasteiger charge is -2.29. The Bertz CT molecular complexity index is 207. The second-order valence-electron chi connectivity index (χ2n) is 5.71. The van der Waals surface area contributed by atoms with Gasteiger partial charge in [0.2, 0.25) is 0 Å². The number of nitrogens with one attached hydrogen (secondary N) is 1. The molecule has 2 aliphatic heterocycles. The molecule has 2 fully saturated rings. The maximum absolute atomic E-state index is 3.57. The van der Waals surface area contributed by atoms with Crippen LogP contribution in [-0.2, 0) is 0 Å². The van der Waals surface area contributed by atoms with Crippen molar-refractivity contribution in [3.63, 3.8) is 0 Å². The Hall–Kier alpha value is -0.120. The van der Waals surface area contributed by atoms with Crippen molar-refractivity contribution >= 4 is 0 Å². The summed E-state index contributed by atoms with van der Waals surface area (Å²) in [7, 11) is 2.25. The van der Waals surface area contributed by atoms with Crippen LogP contribution < -0.4 is 5.32 Å². The molecular weight excluding hydrogens is 198 g/mol. The molecule has 16 heavy (non-hydrogen) atoms. The Morgan fingerprint density at radius 2 is 2.06 bits per heavy atom. The summed E-state index contributed by atoms with van der Waals surface area (Å²) in [6.07, 6.45) is 4.02. The molecule has 0 radical (unpaired) electrons. The molecular formula is C13H27N3. The van der Waals surface area contributed by atoms with Crippen molar-refractivity contribution in [3.8, 4) is 0 Å². The molecule has 0 spiro atoms. The Morgan fingerprint density at radius 1 is 1.19 bits per heavy atom. The summed E-state index contributed by atoms with van der Waals surface area (Å²) >= 11 is 0. The summed E-state index contributed by atoms with van der Waals surface area (Å²) < 4.78 is 0.